The molecule has 0 radical (unpaired) electrons. The quantitative estimate of drug-likeness (QED) is 0.142. The molecule has 0 saturated heterocycles. The van der Waals surface area contributed by atoms with Crippen molar-refractivity contribution in [2.75, 3.05) is 9.80 Å². The molecule has 2 aliphatic rings. The van der Waals surface area contributed by atoms with E-state index in [1.165, 1.54) is 71.2 Å². The fourth-order valence-electron chi connectivity index (χ4n) is 15.9. The van der Waals surface area contributed by atoms with Gasteiger partial charge in [-0.25, -0.2) is 0 Å². The summed E-state index contributed by atoms with van der Waals surface area (Å²) < 4.78 is 4.87. The van der Waals surface area contributed by atoms with Gasteiger partial charge in [0.2, 0.25) is 0 Å². The molecule has 2 aromatic heterocycles. The van der Waals surface area contributed by atoms with Gasteiger partial charge in [0.1, 0.15) is 0 Å². The minimum atomic E-state index is -0.244. The number of nitriles is 1. The maximum atomic E-state index is 11.3. The Morgan fingerprint density at radius 2 is 0.732 bits per heavy atom. The first-order chi connectivity index (χ1) is 47.0. The lowest BCUT2D eigenvalue weighted by Crippen LogP contribution is -2.61. The van der Waals surface area contributed by atoms with E-state index < -0.39 is 0 Å². The van der Waals surface area contributed by atoms with Gasteiger partial charge in [-0.05, 0) is 174 Å². The highest BCUT2D eigenvalue weighted by Crippen LogP contribution is 2.52. The molecule has 0 N–H and O–H groups in total. The van der Waals surface area contributed by atoms with Gasteiger partial charge in [-0.1, -0.05) is 250 Å². The van der Waals surface area contributed by atoms with Gasteiger partial charge in [0.15, 0.2) is 0 Å². The predicted molar refractivity (Wildman–Crippen MR) is 412 cm³/mol. The van der Waals surface area contributed by atoms with Gasteiger partial charge in [-0.3, -0.25) is 0 Å². The van der Waals surface area contributed by atoms with E-state index in [0.717, 1.165) is 95.5 Å². The van der Waals surface area contributed by atoms with E-state index in [-0.39, 0.29) is 23.0 Å². The van der Waals surface area contributed by atoms with Gasteiger partial charge in [-0.2, -0.15) is 5.26 Å². The number of benzene rings is 13. The summed E-state index contributed by atoms with van der Waals surface area (Å²) in [6, 6.07) is 109. The molecule has 0 unspecified atom stereocenters. The second-order valence-corrected chi connectivity index (χ2v) is 29.6. The summed E-state index contributed by atoms with van der Waals surface area (Å²) in [6.07, 6.45) is 0. The molecule has 0 bridgehead atoms. The van der Waals surface area contributed by atoms with Crippen molar-refractivity contribution in [1.29, 1.82) is 5.26 Å². The van der Waals surface area contributed by atoms with Crippen LogP contribution < -0.4 is 26.2 Å². The standard InChI is InChI=1S/C91H74BN5/c1-89(2,3)63-42-48-82-73(53-63)74-54-64(90(4,5)6)43-49-83(74)95(82)66-45-47-77-85(56-66)97(79-37-23-18-32-69(79)59-28-14-11-15-29-59)87-52-62(67-30-16-21-35-75(67)91(7,8)9)51-86-88(87)92(77)76-46-41-60(50-84(76)96(86)78-36-22-17-31-68(78)58-26-12-10-13-27-58)72-55-65(44-40-61(72)57-93)94-80-38-24-19-33-70(80)71-34-20-25-39-81(71)94/h10-56H,1-9H3. The number of rotatable bonds is 8. The molecule has 6 heteroatoms. The Morgan fingerprint density at radius 1 is 0.299 bits per heavy atom. The molecular formula is C91H74BN5. The largest absolute Gasteiger partial charge is 0.311 e. The summed E-state index contributed by atoms with van der Waals surface area (Å²) in [5.41, 5.74) is 29.6. The molecule has 0 amide bonds. The fourth-order valence-corrected chi connectivity index (χ4v) is 15.9. The molecular weight excluding hydrogens is 1170 g/mol. The highest BCUT2D eigenvalue weighted by molar-refractivity contribution is 7.00. The molecule has 15 aromatic rings. The minimum absolute atomic E-state index is 0.0486. The predicted octanol–water partition coefficient (Wildman–Crippen LogP) is 22.4. The van der Waals surface area contributed by atoms with E-state index in [0.29, 0.717) is 5.56 Å². The van der Waals surface area contributed by atoms with E-state index in [2.05, 4.69) is 366 Å². The normalized spacial score (nSPS) is 12.9. The van der Waals surface area contributed by atoms with E-state index in [1.54, 1.807) is 0 Å². The van der Waals surface area contributed by atoms with E-state index in [9.17, 15) is 5.26 Å². The Bertz CT molecular complexity index is 5620. The van der Waals surface area contributed by atoms with Gasteiger partial charge in [0.05, 0.1) is 45.1 Å². The van der Waals surface area contributed by atoms with Gasteiger partial charge < -0.3 is 18.9 Å². The van der Waals surface area contributed by atoms with Crippen molar-refractivity contribution < 1.29 is 0 Å². The number of hydrogen-bond acceptors (Lipinski definition) is 3. The summed E-state index contributed by atoms with van der Waals surface area (Å²) >= 11 is 0. The van der Waals surface area contributed by atoms with Crippen LogP contribution in [0, 0.1) is 11.3 Å². The molecule has 0 spiro atoms. The summed E-state index contributed by atoms with van der Waals surface area (Å²) in [4.78, 5) is 5.18. The average Bonchev–Trinajstić information content (AvgIpc) is 1.28. The van der Waals surface area contributed by atoms with Crippen LogP contribution in [0.2, 0.25) is 0 Å². The molecule has 0 aliphatic carbocycles. The van der Waals surface area contributed by atoms with Crippen LogP contribution in [0.5, 0.6) is 0 Å². The molecule has 13 aromatic carbocycles. The molecule has 2 aliphatic heterocycles. The van der Waals surface area contributed by atoms with Crippen LogP contribution in [0.3, 0.4) is 0 Å². The third-order valence-electron chi connectivity index (χ3n) is 20.6. The van der Waals surface area contributed by atoms with Crippen molar-refractivity contribution in [3.05, 3.63) is 307 Å². The Hall–Kier alpha value is -11.4. The maximum absolute atomic E-state index is 11.3. The SMILES string of the molecule is CC(C)(C)c1ccc2c(c1)c1cc(C(C)(C)C)ccc1n2-c1ccc2c(c1)N(c1ccccc1-c1ccccc1)c1cc(-c3ccccc3C(C)(C)C)cc3c1B2c1ccc(-c2cc(-n4c5ccccc5c5ccccc54)ccc2C#N)cc1N3c1ccccc1-c1ccccc1. The first-order valence-electron chi connectivity index (χ1n) is 34.1. The van der Waals surface area contributed by atoms with Crippen molar-refractivity contribution in [1.82, 2.24) is 9.13 Å². The lowest BCUT2D eigenvalue weighted by atomic mass is 9.33. The zero-order valence-corrected chi connectivity index (χ0v) is 56.4. The van der Waals surface area contributed by atoms with Crippen LogP contribution >= 0.6 is 0 Å². The molecule has 466 valence electrons. The van der Waals surface area contributed by atoms with Crippen molar-refractivity contribution >= 4 is 101 Å². The summed E-state index contributed by atoms with van der Waals surface area (Å²) in [5, 5.41) is 16.2. The second-order valence-electron chi connectivity index (χ2n) is 29.6. The molecule has 0 fully saturated rings. The smallest absolute Gasteiger partial charge is 0.252 e. The Kier molecular flexibility index (Phi) is 13.7. The highest BCUT2D eigenvalue weighted by Gasteiger charge is 2.45. The molecule has 97 heavy (non-hydrogen) atoms. The average molecular weight is 1250 g/mol. The van der Waals surface area contributed by atoms with Crippen LogP contribution in [0.4, 0.5) is 34.1 Å². The van der Waals surface area contributed by atoms with Crippen LogP contribution in [-0.2, 0) is 16.2 Å². The Labute approximate surface area is 569 Å². The lowest BCUT2D eigenvalue weighted by molar-refractivity contribution is 0.590. The Morgan fingerprint density at radius 3 is 1.26 bits per heavy atom. The molecule has 4 heterocycles. The molecule has 5 nitrogen and oxygen atoms in total. The van der Waals surface area contributed by atoms with Crippen LogP contribution in [-0.4, -0.2) is 15.8 Å². The van der Waals surface area contributed by atoms with Gasteiger partial charge in [0.25, 0.3) is 6.71 Å². The van der Waals surface area contributed by atoms with E-state index in [4.69, 9.17) is 0 Å². The number of nitrogens with zero attached hydrogens (tertiary/aromatic N) is 5. The summed E-state index contributed by atoms with van der Waals surface area (Å²) in [7, 11) is 0. The van der Waals surface area contributed by atoms with Crippen molar-refractivity contribution in [2.45, 2.75) is 78.6 Å². The molecule has 17 rings (SSSR count). The topological polar surface area (TPSA) is 40.1 Å². The number of hydrogen-bond donors (Lipinski definition) is 0. The minimum Gasteiger partial charge on any atom is -0.311 e. The number of para-hydroxylation sites is 4. The molecule has 0 saturated carbocycles. The zero-order chi connectivity index (χ0) is 66.2. The maximum Gasteiger partial charge on any atom is 0.252 e. The van der Waals surface area contributed by atoms with Gasteiger partial charge in [-0.15, -0.1) is 0 Å². The van der Waals surface area contributed by atoms with Crippen molar-refractivity contribution in [3.8, 4) is 62.0 Å². The van der Waals surface area contributed by atoms with E-state index in [1.807, 2.05) is 6.07 Å². The number of fused-ring (bicyclic) bond motifs is 10. The second kappa shape index (κ2) is 22.4. The third kappa shape index (κ3) is 9.65. The van der Waals surface area contributed by atoms with Crippen LogP contribution in [0.15, 0.2) is 285 Å². The number of anilines is 6. The van der Waals surface area contributed by atoms with Gasteiger partial charge in [0, 0.05) is 72.4 Å². The van der Waals surface area contributed by atoms with Crippen molar-refractivity contribution in [3.63, 3.8) is 0 Å². The van der Waals surface area contributed by atoms with E-state index >= 15 is 0 Å². The monoisotopic (exact) mass is 1250 g/mol. The summed E-state index contributed by atoms with van der Waals surface area (Å²) in [5.74, 6) is 0. The van der Waals surface area contributed by atoms with Crippen molar-refractivity contribution in [2.24, 2.45) is 0 Å². The number of aromatic nitrogens is 2. The van der Waals surface area contributed by atoms with Crippen LogP contribution in [0.25, 0.3) is 99.5 Å². The first kappa shape index (κ1) is 59.4. The first-order valence-corrected chi connectivity index (χ1v) is 34.1. The lowest BCUT2D eigenvalue weighted by Gasteiger charge is -2.45. The fraction of sp³-hybridized carbons (Fsp3) is 0.132. The third-order valence-corrected chi connectivity index (χ3v) is 20.6. The summed E-state index contributed by atoms with van der Waals surface area (Å²) in [6.45, 7) is 20.6. The highest BCUT2D eigenvalue weighted by atomic mass is 15.2. The Balaban J connectivity index is 0.994. The molecule has 0 atom stereocenters. The van der Waals surface area contributed by atoms with Gasteiger partial charge >= 0.3 is 0 Å². The van der Waals surface area contributed by atoms with Crippen LogP contribution in [0.1, 0.15) is 84.6 Å². The zero-order valence-electron chi connectivity index (χ0n) is 56.4.